The third-order valence-electron chi connectivity index (χ3n) is 4.32. The molecule has 2 aromatic rings. The lowest BCUT2D eigenvalue weighted by Gasteiger charge is -2.23. The van der Waals surface area contributed by atoms with Crippen LogP contribution < -0.4 is 21.1 Å². The molecule has 4 N–H and O–H groups in total. The highest BCUT2D eigenvalue weighted by molar-refractivity contribution is 6.01. The van der Waals surface area contributed by atoms with Crippen LogP contribution in [0.25, 0.3) is 0 Å². The molecule has 2 amide bonds. The number of nitrogens with one attached hydrogen (secondary N) is 2. The largest absolute Gasteiger partial charge is 0.495 e. The number of benzene rings is 2. The van der Waals surface area contributed by atoms with Crippen molar-refractivity contribution in [3.63, 3.8) is 0 Å². The van der Waals surface area contributed by atoms with Gasteiger partial charge in [-0.25, -0.2) is 0 Å². The van der Waals surface area contributed by atoms with Gasteiger partial charge in [0, 0.05) is 11.3 Å². The summed E-state index contributed by atoms with van der Waals surface area (Å²) in [6.07, 6.45) is 0.748. The molecule has 2 aromatic carbocycles. The number of ether oxygens (including phenoxy) is 1. The standard InChI is InChI=1S/C20H25N3O3/c1-4-13(2)18(23-19(24)14-8-6-5-7-9-14)20(25)22-15-10-11-17(26-3)16(21)12-15/h5-13,18H,4,21H2,1-3H3,(H,22,25)(H,23,24). The Hall–Kier alpha value is -3.02. The zero-order valence-corrected chi connectivity index (χ0v) is 15.3. The fraction of sp³-hybridized carbons (Fsp3) is 0.300. The molecule has 0 aromatic heterocycles. The van der Waals surface area contributed by atoms with Crippen LogP contribution in [0.5, 0.6) is 5.75 Å². The number of carbonyl (C=O) groups excluding carboxylic acids is 2. The summed E-state index contributed by atoms with van der Waals surface area (Å²) < 4.78 is 5.11. The topological polar surface area (TPSA) is 93.5 Å². The molecule has 26 heavy (non-hydrogen) atoms. The Bertz CT molecular complexity index is 762. The van der Waals surface area contributed by atoms with Crippen LogP contribution >= 0.6 is 0 Å². The zero-order valence-electron chi connectivity index (χ0n) is 15.3. The van der Waals surface area contributed by atoms with Crippen LogP contribution in [-0.4, -0.2) is 25.0 Å². The molecule has 2 unspecified atom stereocenters. The van der Waals surface area contributed by atoms with Gasteiger partial charge in [-0.2, -0.15) is 0 Å². The van der Waals surface area contributed by atoms with Crippen molar-refractivity contribution in [2.24, 2.45) is 5.92 Å². The van der Waals surface area contributed by atoms with E-state index >= 15 is 0 Å². The molecule has 6 nitrogen and oxygen atoms in total. The van der Waals surface area contributed by atoms with Crippen molar-refractivity contribution < 1.29 is 14.3 Å². The summed E-state index contributed by atoms with van der Waals surface area (Å²) >= 11 is 0. The van der Waals surface area contributed by atoms with Gasteiger partial charge in [-0.1, -0.05) is 38.5 Å². The Balaban J connectivity index is 2.14. The van der Waals surface area contributed by atoms with Crippen LogP contribution in [-0.2, 0) is 4.79 Å². The van der Waals surface area contributed by atoms with E-state index in [2.05, 4.69) is 10.6 Å². The van der Waals surface area contributed by atoms with Gasteiger partial charge in [0.1, 0.15) is 11.8 Å². The Kier molecular flexibility index (Phi) is 6.60. The Morgan fingerprint density at radius 1 is 1.15 bits per heavy atom. The maximum absolute atomic E-state index is 12.7. The second-order valence-electron chi connectivity index (χ2n) is 6.15. The summed E-state index contributed by atoms with van der Waals surface area (Å²) in [5.41, 5.74) is 7.38. The van der Waals surface area contributed by atoms with Crippen molar-refractivity contribution in [3.8, 4) is 5.75 Å². The summed E-state index contributed by atoms with van der Waals surface area (Å²) in [6, 6.07) is 13.2. The zero-order chi connectivity index (χ0) is 19.1. The van der Waals surface area contributed by atoms with Gasteiger partial charge in [0.25, 0.3) is 5.91 Å². The van der Waals surface area contributed by atoms with Gasteiger partial charge >= 0.3 is 0 Å². The predicted molar refractivity (Wildman–Crippen MR) is 103 cm³/mol. The van der Waals surface area contributed by atoms with Crippen molar-refractivity contribution >= 4 is 23.2 Å². The molecule has 0 saturated carbocycles. The van der Waals surface area contributed by atoms with Crippen LogP contribution in [0, 0.1) is 5.92 Å². The lowest BCUT2D eigenvalue weighted by Crippen LogP contribution is -2.47. The number of carbonyl (C=O) groups is 2. The number of rotatable bonds is 7. The van der Waals surface area contributed by atoms with E-state index in [-0.39, 0.29) is 17.7 Å². The number of nitrogens with two attached hydrogens (primary N) is 1. The fourth-order valence-corrected chi connectivity index (χ4v) is 2.55. The first kappa shape index (κ1) is 19.3. The number of methoxy groups -OCH3 is 1. The van der Waals surface area contributed by atoms with Crippen LogP contribution in [0.3, 0.4) is 0 Å². The lowest BCUT2D eigenvalue weighted by molar-refractivity contribution is -0.119. The first-order valence-electron chi connectivity index (χ1n) is 8.56. The summed E-state index contributed by atoms with van der Waals surface area (Å²) in [7, 11) is 1.53. The van der Waals surface area contributed by atoms with E-state index in [1.807, 2.05) is 19.9 Å². The SMILES string of the molecule is CCC(C)C(NC(=O)c1ccccc1)C(=O)Nc1ccc(OC)c(N)c1. The summed E-state index contributed by atoms with van der Waals surface area (Å²) in [5.74, 6) is -0.0504. The molecule has 0 radical (unpaired) electrons. The first-order valence-corrected chi connectivity index (χ1v) is 8.56. The first-order chi connectivity index (χ1) is 12.5. The number of anilines is 2. The van der Waals surface area contributed by atoms with Crippen molar-refractivity contribution in [1.29, 1.82) is 0 Å². The van der Waals surface area contributed by atoms with Gasteiger partial charge in [0.05, 0.1) is 12.8 Å². The minimum atomic E-state index is -0.656. The molecular weight excluding hydrogens is 330 g/mol. The average Bonchev–Trinajstić information content (AvgIpc) is 2.66. The number of amides is 2. The Labute approximate surface area is 153 Å². The van der Waals surface area contributed by atoms with E-state index in [4.69, 9.17) is 10.5 Å². The maximum Gasteiger partial charge on any atom is 0.251 e. The predicted octanol–water partition coefficient (Wildman–Crippen LogP) is 3.06. The lowest BCUT2D eigenvalue weighted by atomic mass is 9.97. The van der Waals surface area contributed by atoms with Gasteiger partial charge in [0.2, 0.25) is 5.91 Å². The summed E-state index contributed by atoms with van der Waals surface area (Å²) in [4.78, 5) is 25.2. The third-order valence-corrected chi connectivity index (χ3v) is 4.32. The molecule has 138 valence electrons. The molecule has 0 bridgehead atoms. The van der Waals surface area contributed by atoms with Gasteiger partial charge in [0.15, 0.2) is 0 Å². The van der Waals surface area contributed by atoms with E-state index in [1.165, 1.54) is 7.11 Å². The molecule has 0 aliphatic carbocycles. The molecule has 0 saturated heterocycles. The summed E-state index contributed by atoms with van der Waals surface area (Å²) in [5, 5.41) is 5.65. The Morgan fingerprint density at radius 2 is 1.85 bits per heavy atom. The quantitative estimate of drug-likeness (QED) is 0.666. The molecule has 6 heteroatoms. The second-order valence-corrected chi connectivity index (χ2v) is 6.15. The molecule has 0 fully saturated rings. The highest BCUT2D eigenvalue weighted by Crippen LogP contribution is 2.25. The molecule has 0 aliphatic heterocycles. The monoisotopic (exact) mass is 355 g/mol. The molecule has 2 atom stereocenters. The van der Waals surface area contributed by atoms with E-state index in [1.54, 1.807) is 42.5 Å². The van der Waals surface area contributed by atoms with E-state index in [9.17, 15) is 9.59 Å². The van der Waals surface area contributed by atoms with Crippen molar-refractivity contribution in [2.45, 2.75) is 26.3 Å². The number of hydrogen-bond donors (Lipinski definition) is 3. The van der Waals surface area contributed by atoms with Crippen LogP contribution in [0.15, 0.2) is 48.5 Å². The average molecular weight is 355 g/mol. The van der Waals surface area contributed by atoms with E-state index in [0.29, 0.717) is 22.7 Å². The summed E-state index contributed by atoms with van der Waals surface area (Å²) in [6.45, 7) is 3.91. The highest BCUT2D eigenvalue weighted by Gasteiger charge is 2.26. The van der Waals surface area contributed by atoms with Crippen LogP contribution in [0.2, 0.25) is 0 Å². The third kappa shape index (κ3) is 4.75. The van der Waals surface area contributed by atoms with Crippen molar-refractivity contribution in [3.05, 3.63) is 54.1 Å². The minimum absolute atomic E-state index is 0.0294. The van der Waals surface area contributed by atoms with E-state index in [0.717, 1.165) is 6.42 Å². The van der Waals surface area contributed by atoms with Crippen molar-refractivity contribution in [2.75, 3.05) is 18.2 Å². The Morgan fingerprint density at radius 3 is 2.42 bits per heavy atom. The van der Waals surface area contributed by atoms with Gasteiger partial charge < -0.3 is 21.1 Å². The van der Waals surface area contributed by atoms with Gasteiger partial charge in [-0.05, 0) is 36.2 Å². The molecule has 0 spiro atoms. The molecule has 2 rings (SSSR count). The number of hydrogen-bond acceptors (Lipinski definition) is 4. The highest BCUT2D eigenvalue weighted by atomic mass is 16.5. The molecular formula is C20H25N3O3. The second kappa shape index (κ2) is 8.89. The van der Waals surface area contributed by atoms with Crippen molar-refractivity contribution in [1.82, 2.24) is 5.32 Å². The minimum Gasteiger partial charge on any atom is -0.495 e. The smallest absolute Gasteiger partial charge is 0.251 e. The molecule has 0 aliphatic rings. The van der Waals surface area contributed by atoms with Crippen LogP contribution in [0.4, 0.5) is 11.4 Å². The maximum atomic E-state index is 12.7. The van der Waals surface area contributed by atoms with E-state index < -0.39 is 6.04 Å². The number of nitrogen functional groups attached to an aromatic ring is 1. The van der Waals surface area contributed by atoms with Gasteiger partial charge in [-0.3, -0.25) is 9.59 Å². The van der Waals surface area contributed by atoms with Gasteiger partial charge in [-0.15, -0.1) is 0 Å². The molecule has 0 heterocycles. The van der Waals surface area contributed by atoms with Crippen LogP contribution in [0.1, 0.15) is 30.6 Å². The normalized spacial score (nSPS) is 12.7. The fourth-order valence-electron chi connectivity index (χ4n) is 2.55.